The van der Waals surface area contributed by atoms with Crippen molar-refractivity contribution < 1.29 is 13.2 Å². The van der Waals surface area contributed by atoms with Crippen molar-refractivity contribution in [3.8, 4) is 28.3 Å². The highest BCUT2D eigenvalue weighted by Crippen LogP contribution is 2.36. The molecule has 1 amide bonds. The Morgan fingerprint density at radius 2 is 1.64 bits per heavy atom. The average Bonchev–Trinajstić information content (AvgIpc) is 3.44. The third kappa shape index (κ3) is 5.66. The fourth-order valence-corrected chi connectivity index (χ4v) is 6.96. The zero-order valence-electron chi connectivity index (χ0n) is 25.7. The lowest BCUT2D eigenvalue weighted by Crippen LogP contribution is -2.23. The second kappa shape index (κ2) is 11.8. The maximum absolute atomic E-state index is 13.9. The van der Waals surface area contributed by atoms with Gasteiger partial charge in [-0.05, 0) is 79.1 Å². The first-order chi connectivity index (χ1) is 21.6. The number of aromatic nitrogens is 2. The first-order valence-electron chi connectivity index (χ1n) is 14.6. The van der Waals surface area contributed by atoms with Crippen LogP contribution in [0.2, 0.25) is 0 Å². The van der Waals surface area contributed by atoms with Gasteiger partial charge in [-0.1, -0.05) is 48.0 Å². The predicted molar refractivity (Wildman–Crippen MR) is 177 cm³/mol. The lowest BCUT2D eigenvalue weighted by molar-refractivity contribution is 0.0827. The highest BCUT2D eigenvalue weighted by atomic mass is 32.2. The van der Waals surface area contributed by atoms with Crippen LogP contribution in [-0.2, 0) is 10.0 Å². The molecule has 8 nitrogen and oxygen atoms in total. The van der Waals surface area contributed by atoms with Crippen LogP contribution < -0.4 is 0 Å². The summed E-state index contributed by atoms with van der Waals surface area (Å²) in [5, 5.41) is 10.7. The highest BCUT2D eigenvalue weighted by molar-refractivity contribution is 7.90. The molecule has 3 aromatic carbocycles. The van der Waals surface area contributed by atoms with Gasteiger partial charge in [0.25, 0.3) is 15.9 Å². The summed E-state index contributed by atoms with van der Waals surface area (Å²) in [4.78, 5) is 21.1. The molecule has 6 rings (SSSR count). The Bertz CT molecular complexity index is 2120. The van der Waals surface area contributed by atoms with Crippen molar-refractivity contribution in [1.82, 2.24) is 18.8 Å². The molecule has 5 aromatic rings. The van der Waals surface area contributed by atoms with Crippen LogP contribution >= 0.6 is 0 Å². The third-order valence-electron chi connectivity index (χ3n) is 8.27. The van der Waals surface area contributed by atoms with Crippen LogP contribution in [0.1, 0.15) is 33.5 Å². The van der Waals surface area contributed by atoms with E-state index in [0.717, 1.165) is 47.3 Å². The molecule has 0 radical (unpaired) electrons. The summed E-state index contributed by atoms with van der Waals surface area (Å²) in [6.07, 6.45) is 6.30. The molecular weight excluding hydrogens is 582 g/mol. The molecule has 0 N–H and O–H groups in total. The summed E-state index contributed by atoms with van der Waals surface area (Å²) < 4.78 is 29.0. The zero-order chi connectivity index (χ0) is 31.9. The molecule has 1 aliphatic rings. The third-order valence-corrected chi connectivity index (χ3v) is 9.93. The van der Waals surface area contributed by atoms with Crippen LogP contribution in [0.3, 0.4) is 0 Å². The van der Waals surface area contributed by atoms with Gasteiger partial charge in [-0.2, -0.15) is 5.26 Å². The Morgan fingerprint density at radius 3 is 2.29 bits per heavy atom. The van der Waals surface area contributed by atoms with Gasteiger partial charge in [-0.3, -0.25) is 4.79 Å². The SMILES string of the molecule is Cc1ccc(S(=O)(=O)n2cc(-c3ccc(C(=O)N(C)C)cc3)c3cc(-c4ccc(C5=CCN(C)CC5)c(C#N)c4)cnc32)cc1. The summed E-state index contributed by atoms with van der Waals surface area (Å²) in [5.74, 6) is -0.123. The summed E-state index contributed by atoms with van der Waals surface area (Å²) in [6, 6.07) is 24.0. The Kier molecular flexibility index (Phi) is 7.87. The molecule has 226 valence electrons. The van der Waals surface area contributed by atoms with E-state index in [-0.39, 0.29) is 16.4 Å². The quantitative estimate of drug-likeness (QED) is 0.225. The minimum atomic E-state index is -3.97. The monoisotopic (exact) mass is 615 g/mol. The van der Waals surface area contributed by atoms with E-state index in [4.69, 9.17) is 0 Å². The van der Waals surface area contributed by atoms with Gasteiger partial charge in [0.05, 0.1) is 16.5 Å². The van der Waals surface area contributed by atoms with E-state index in [1.54, 1.807) is 62.9 Å². The van der Waals surface area contributed by atoms with E-state index in [1.165, 1.54) is 14.4 Å². The molecule has 45 heavy (non-hydrogen) atoms. The molecular formula is C36H33N5O3S. The van der Waals surface area contributed by atoms with E-state index in [1.807, 2.05) is 43.3 Å². The minimum Gasteiger partial charge on any atom is -0.345 e. The molecule has 0 fully saturated rings. The molecule has 0 unspecified atom stereocenters. The normalized spacial score (nSPS) is 13.8. The average molecular weight is 616 g/mol. The lowest BCUT2D eigenvalue weighted by Gasteiger charge is -2.22. The van der Waals surface area contributed by atoms with E-state index >= 15 is 0 Å². The van der Waals surface area contributed by atoms with E-state index in [9.17, 15) is 18.5 Å². The summed E-state index contributed by atoms with van der Waals surface area (Å²) >= 11 is 0. The fourth-order valence-electron chi connectivity index (χ4n) is 5.64. The standard InChI is InChI=1S/C36H33N5O3S/c1-24-5-12-31(13-6-24)45(43,44)41-23-34(25-7-9-27(10-8-25)36(42)39(2)3)33-20-30(22-38-35(33)41)28-11-14-32(29(19-28)21-37)26-15-17-40(4)18-16-26/h5-15,19-20,22-23H,16-18H2,1-4H3. The number of pyridine rings is 1. The smallest absolute Gasteiger partial charge is 0.269 e. The van der Waals surface area contributed by atoms with Crippen LogP contribution in [0.25, 0.3) is 38.9 Å². The number of fused-ring (bicyclic) bond motifs is 1. The van der Waals surface area contributed by atoms with Gasteiger partial charge >= 0.3 is 0 Å². The van der Waals surface area contributed by atoms with Crippen molar-refractivity contribution in [3.63, 3.8) is 0 Å². The topological polar surface area (TPSA) is 99.3 Å². The number of hydrogen-bond donors (Lipinski definition) is 0. The van der Waals surface area contributed by atoms with E-state index in [0.29, 0.717) is 22.1 Å². The van der Waals surface area contributed by atoms with Gasteiger partial charge in [-0.25, -0.2) is 17.4 Å². The Morgan fingerprint density at radius 1 is 0.933 bits per heavy atom. The van der Waals surface area contributed by atoms with Crippen LogP contribution in [0, 0.1) is 18.3 Å². The number of likely N-dealkylation sites (N-methyl/N-ethyl adjacent to an activating group) is 1. The molecule has 0 saturated carbocycles. The maximum atomic E-state index is 13.9. The predicted octanol–water partition coefficient (Wildman–Crippen LogP) is 6.21. The van der Waals surface area contributed by atoms with E-state index in [2.05, 4.69) is 29.1 Å². The minimum absolute atomic E-state index is 0.123. The van der Waals surface area contributed by atoms with Gasteiger partial charge < -0.3 is 9.80 Å². The number of carbonyl (C=O) groups is 1. The first kappa shape index (κ1) is 30.0. The van der Waals surface area contributed by atoms with Crippen LogP contribution in [0.5, 0.6) is 0 Å². The summed E-state index contributed by atoms with van der Waals surface area (Å²) in [5.41, 5.74) is 7.44. The molecule has 3 heterocycles. The maximum Gasteiger partial charge on any atom is 0.269 e. The zero-order valence-corrected chi connectivity index (χ0v) is 26.5. The molecule has 9 heteroatoms. The second-order valence-corrected chi connectivity index (χ2v) is 13.5. The molecule has 0 spiro atoms. The number of nitrogens with zero attached hydrogens (tertiary/aromatic N) is 5. The lowest BCUT2D eigenvalue weighted by atomic mass is 9.92. The molecule has 2 aromatic heterocycles. The number of aryl methyl sites for hydroxylation is 1. The molecule has 0 atom stereocenters. The van der Waals surface area contributed by atoms with Gasteiger partial charge in [-0.15, -0.1) is 0 Å². The van der Waals surface area contributed by atoms with Gasteiger partial charge in [0.2, 0.25) is 0 Å². The Hall–Kier alpha value is -5.04. The van der Waals surface area contributed by atoms with Crippen molar-refractivity contribution in [2.75, 3.05) is 34.2 Å². The van der Waals surface area contributed by atoms with Crippen molar-refractivity contribution in [2.45, 2.75) is 18.2 Å². The van der Waals surface area contributed by atoms with Gasteiger partial charge in [0, 0.05) is 61.7 Å². The van der Waals surface area contributed by atoms with Crippen molar-refractivity contribution >= 4 is 32.5 Å². The number of carbonyl (C=O) groups excluding carboxylic acids is 1. The van der Waals surface area contributed by atoms with Crippen LogP contribution in [0.15, 0.2) is 96.2 Å². The second-order valence-electron chi connectivity index (χ2n) is 11.6. The Labute approximate surface area is 263 Å². The molecule has 0 saturated heterocycles. The number of nitriles is 1. The molecule has 1 aliphatic heterocycles. The van der Waals surface area contributed by atoms with Crippen molar-refractivity contribution in [1.29, 1.82) is 5.26 Å². The molecule has 0 aliphatic carbocycles. The fraction of sp³-hybridized carbons (Fsp3) is 0.194. The summed E-state index contributed by atoms with van der Waals surface area (Å²) in [7, 11) is 1.50. The highest BCUT2D eigenvalue weighted by Gasteiger charge is 2.24. The number of amides is 1. The number of rotatable bonds is 6. The van der Waals surface area contributed by atoms with Crippen LogP contribution in [0.4, 0.5) is 0 Å². The van der Waals surface area contributed by atoms with Gasteiger partial charge in [0.15, 0.2) is 5.65 Å². The molecule has 0 bridgehead atoms. The first-order valence-corrected chi connectivity index (χ1v) is 16.1. The van der Waals surface area contributed by atoms with Crippen LogP contribution in [-0.4, -0.2) is 67.3 Å². The number of hydrogen-bond acceptors (Lipinski definition) is 6. The summed E-state index contributed by atoms with van der Waals surface area (Å²) in [6.45, 7) is 3.69. The Balaban J connectivity index is 1.50. The number of benzene rings is 3. The van der Waals surface area contributed by atoms with E-state index < -0.39 is 10.0 Å². The van der Waals surface area contributed by atoms with Gasteiger partial charge in [0.1, 0.15) is 0 Å². The van der Waals surface area contributed by atoms with Crippen molar-refractivity contribution in [3.05, 3.63) is 114 Å². The van der Waals surface area contributed by atoms with Crippen molar-refractivity contribution in [2.24, 2.45) is 0 Å². The largest absolute Gasteiger partial charge is 0.345 e.